The highest BCUT2D eigenvalue weighted by molar-refractivity contribution is 5.82. The van der Waals surface area contributed by atoms with Gasteiger partial charge in [-0.25, -0.2) is 0 Å². The van der Waals surface area contributed by atoms with E-state index in [1.165, 1.54) is 34.1 Å². The maximum atomic E-state index is 6.79. The van der Waals surface area contributed by atoms with Crippen molar-refractivity contribution in [1.82, 2.24) is 4.98 Å². The molecule has 1 aromatic heterocycles. The Morgan fingerprint density at radius 2 is 1.71 bits per heavy atom. The van der Waals surface area contributed by atoms with E-state index in [1.807, 2.05) is 19.4 Å². The monoisotopic (exact) mass is 567 g/mol. The Morgan fingerprint density at radius 3 is 2.33 bits per heavy atom. The van der Waals surface area contributed by atoms with E-state index >= 15 is 0 Å². The van der Waals surface area contributed by atoms with Crippen molar-refractivity contribution in [3.05, 3.63) is 96.2 Å². The molecule has 3 aliphatic rings. The average Bonchev–Trinajstić information content (AvgIpc) is 2.96. The minimum atomic E-state index is -0.0492. The molecule has 4 heteroatoms. The van der Waals surface area contributed by atoms with E-state index < -0.39 is 0 Å². The zero-order chi connectivity index (χ0) is 30.3. The summed E-state index contributed by atoms with van der Waals surface area (Å²) >= 11 is 0. The van der Waals surface area contributed by atoms with Crippen LogP contribution in [0.2, 0.25) is 0 Å². The molecule has 0 radical (unpaired) electrons. The molecule has 0 saturated carbocycles. The van der Waals surface area contributed by atoms with Gasteiger partial charge in [0.05, 0.1) is 32.3 Å². The largest absolute Gasteiger partial charge is 0.496 e. The molecular weight excluding hydrogens is 516 g/mol. The van der Waals surface area contributed by atoms with Crippen molar-refractivity contribution in [2.45, 2.75) is 83.9 Å². The second-order valence-electron chi connectivity index (χ2n) is 14.7. The maximum Gasteiger partial charge on any atom is 0.135 e. The third-order valence-corrected chi connectivity index (χ3v) is 9.87. The minimum absolute atomic E-state index is 0.0368. The van der Waals surface area contributed by atoms with Gasteiger partial charge < -0.3 is 14.0 Å². The molecule has 0 amide bonds. The zero-order valence-electron chi connectivity index (χ0n) is 27.0. The van der Waals surface area contributed by atoms with E-state index in [0.29, 0.717) is 24.5 Å². The van der Waals surface area contributed by atoms with Crippen molar-refractivity contribution in [3.8, 4) is 5.75 Å². The van der Waals surface area contributed by atoms with Crippen LogP contribution >= 0.6 is 0 Å². The van der Waals surface area contributed by atoms with Crippen molar-refractivity contribution in [2.75, 3.05) is 26.8 Å². The number of nitrogens with zero attached hydrogens (tertiary/aromatic N) is 2. The first-order valence-corrected chi connectivity index (χ1v) is 15.7. The van der Waals surface area contributed by atoms with Gasteiger partial charge in [0.2, 0.25) is 0 Å². The molecule has 0 aliphatic carbocycles. The molecule has 3 fully saturated rings. The summed E-state index contributed by atoms with van der Waals surface area (Å²) in [6.45, 7) is 25.8. The molecule has 0 spiro atoms. The maximum absolute atomic E-state index is 6.79. The summed E-state index contributed by atoms with van der Waals surface area (Å²) in [6, 6.07) is 15.9. The van der Waals surface area contributed by atoms with E-state index in [1.54, 1.807) is 0 Å². The lowest BCUT2D eigenvalue weighted by Crippen LogP contribution is -2.67. The second-order valence-corrected chi connectivity index (χ2v) is 14.7. The number of hydrogen-bond donors (Lipinski definition) is 0. The Kier molecular flexibility index (Phi) is 8.44. The first-order valence-electron chi connectivity index (χ1n) is 15.7. The molecule has 0 N–H and O–H groups in total. The van der Waals surface area contributed by atoms with E-state index in [0.717, 1.165) is 41.8 Å². The number of benzene rings is 2. The quantitative estimate of drug-likeness (QED) is 0.191. The van der Waals surface area contributed by atoms with Crippen molar-refractivity contribution in [1.29, 1.82) is 0 Å². The fourth-order valence-electron chi connectivity index (χ4n) is 7.79. The fraction of sp³-hybridized carbons (Fsp3) is 0.500. The Labute approximate surface area is 254 Å². The number of piperidine rings is 3. The van der Waals surface area contributed by atoms with Gasteiger partial charge in [-0.2, -0.15) is 0 Å². The standard InChI is InChI=1S/C38H51N2O2/c1-10-20-42-35(30-16-18-39-33-15-13-12-14-29(30)33)34-23-28-17-19-40(34,25-27(28)11-2)24-26-21-31(37(3,4)5)36(41-9)32(22-26)38(6,7)8/h10-16,18,21-22,27-28,34-35H,1-2,17,19-20,23-25H2,3-9H3/q+1/t27-,28-,34+,35-,40?/m0/s1. The summed E-state index contributed by atoms with van der Waals surface area (Å²) < 4.78 is 13.9. The topological polar surface area (TPSA) is 31.4 Å². The third kappa shape index (κ3) is 5.68. The van der Waals surface area contributed by atoms with Crippen LogP contribution in [-0.4, -0.2) is 42.3 Å². The number of aromatic nitrogens is 1. The minimum Gasteiger partial charge on any atom is -0.496 e. The molecular formula is C38H51N2O2+. The Balaban J connectivity index is 1.66. The Hall–Kier alpha value is -2.95. The lowest BCUT2D eigenvalue weighted by molar-refractivity contribution is -0.985. The molecule has 42 heavy (non-hydrogen) atoms. The SMILES string of the molecule is C=CCO[C@@H](c1ccnc2ccccc12)[C@H]1C[C@@H]2CC[N+]1(Cc1cc(C(C)(C)C)c(OC)c(C(C)(C)C)c1)C[C@@H]2C=C. The summed E-state index contributed by atoms with van der Waals surface area (Å²) in [6.07, 6.45) is 8.37. The number of methoxy groups -OCH3 is 1. The molecule has 3 saturated heterocycles. The number of quaternary nitrogens is 1. The van der Waals surface area contributed by atoms with Crippen LogP contribution in [0.25, 0.3) is 10.9 Å². The molecule has 3 aliphatic heterocycles. The smallest absolute Gasteiger partial charge is 0.135 e. The lowest BCUT2D eigenvalue weighted by atomic mass is 9.70. The van der Waals surface area contributed by atoms with E-state index in [4.69, 9.17) is 9.47 Å². The lowest BCUT2D eigenvalue weighted by Gasteiger charge is -2.58. The van der Waals surface area contributed by atoms with Crippen LogP contribution < -0.4 is 4.74 Å². The normalized spacial score (nSPS) is 24.9. The van der Waals surface area contributed by atoms with Gasteiger partial charge in [0, 0.05) is 47.0 Å². The summed E-state index contributed by atoms with van der Waals surface area (Å²) in [4.78, 5) is 4.68. The summed E-state index contributed by atoms with van der Waals surface area (Å²) in [5.41, 5.74) is 6.15. The van der Waals surface area contributed by atoms with Crippen LogP contribution in [0.3, 0.4) is 0 Å². The number of fused-ring (bicyclic) bond motifs is 4. The fourth-order valence-corrected chi connectivity index (χ4v) is 7.79. The van der Waals surface area contributed by atoms with Gasteiger partial charge in [0.25, 0.3) is 0 Å². The molecule has 1 unspecified atom stereocenters. The number of para-hydroxylation sites is 1. The number of ether oxygens (including phenoxy) is 2. The molecule has 2 aromatic carbocycles. The van der Waals surface area contributed by atoms with Crippen LogP contribution in [0.15, 0.2) is 74.0 Å². The van der Waals surface area contributed by atoms with Gasteiger partial charge >= 0.3 is 0 Å². The van der Waals surface area contributed by atoms with Crippen molar-refractivity contribution < 1.29 is 14.0 Å². The summed E-state index contributed by atoms with van der Waals surface area (Å²) in [5.74, 6) is 2.19. The van der Waals surface area contributed by atoms with E-state index in [9.17, 15) is 0 Å². The van der Waals surface area contributed by atoms with Gasteiger partial charge in [-0.1, -0.05) is 71.9 Å². The molecule has 224 valence electrons. The van der Waals surface area contributed by atoms with E-state index in [-0.39, 0.29) is 16.9 Å². The Bertz CT molecular complexity index is 1410. The third-order valence-electron chi connectivity index (χ3n) is 9.87. The first kappa shape index (κ1) is 30.5. The van der Waals surface area contributed by atoms with Crippen molar-refractivity contribution in [2.24, 2.45) is 11.8 Å². The van der Waals surface area contributed by atoms with Crippen LogP contribution in [0.4, 0.5) is 0 Å². The van der Waals surface area contributed by atoms with Crippen LogP contribution in [0.5, 0.6) is 5.75 Å². The predicted molar refractivity (Wildman–Crippen MR) is 175 cm³/mol. The molecule has 5 atom stereocenters. The average molecular weight is 568 g/mol. The molecule has 2 bridgehead atoms. The molecule has 6 rings (SSSR count). The second kappa shape index (κ2) is 11.6. The van der Waals surface area contributed by atoms with Gasteiger partial charge in [-0.05, 0) is 46.6 Å². The van der Waals surface area contributed by atoms with Crippen LogP contribution in [0, 0.1) is 11.8 Å². The summed E-state index contributed by atoms with van der Waals surface area (Å²) in [7, 11) is 1.82. The predicted octanol–water partition coefficient (Wildman–Crippen LogP) is 8.69. The van der Waals surface area contributed by atoms with Gasteiger partial charge in [-0.3, -0.25) is 4.98 Å². The first-order chi connectivity index (χ1) is 19.9. The van der Waals surface area contributed by atoms with Gasteiger partial charge in [0.1, 0.15) is 24.4 Å². The van der Waals surface area contributed by atoms with Gasteiger partial charge in [0.15, 0.2) is 0 Å². The Morgan fingerprint density at radius 1 is 1.02 bits per heavy atom. The number of pyridine rings is 1. The van der Waals surface area contributed by atoms with Crippen molar-refractivity contribution in [3.63, 3.8) is 0 Å². The van der Waals surface area contributed by atoms with Gasteiger partial charge in [-0.15, -0.1) is 13.2 Å². The summed E-state index contributed by atoms with van der Waals surface area (Å²) in [5, 5.41) is 1.18. The van der Waals surface area contributed by atoms with E-state index in [2.05, 4.69) is 108 Å². The zero-order valence-corrected chi connectivity index (χ0v) is 27.0. The highest BCUT2D eigenvalue weighted by atomic mass is 16.5. The molecule has 3 aromatic rings. The van der Waals surface area contributed by atoms with Crippen molar-refractivity contribution >= 4 is 10.9 Å². The van der Waals surface area contributed by atoms with Crippen LogP contribution in [-0.2, 0) is 22.1 Å². The number of hydrogen-bond acceptors (Lipinski definition) is 3. The molecule has 4 nitrogen and oxygen atoms in total. The highest BCUT2D eigenvalue weighted by Crippen LogP contribution is 2.50. The number of rotatable bonds is 9. The highest BCUT2D eigenvalue weighted by Gasteiger charge is 2.54. The van der Waals surface area contributed by atoms with Crippen LogP contribution in [0.1, 0.15) is 82.7 Å². The molecule has 4 heterocycles.